The predicted octanol–water partition coefficient (Wildman–Crippen LogP) is 1.55. The lowest BCUT2D eigenvalue weighted by atomic mass is 10.0. The first kappa shape index (κ1) is 9.41. The van der Waals surface area contributed by atoms with E-state index in [1.54, 1.807) is 0 Å². The van der Waals surface area contributed by atoms with Gasteiger partial charge in [-0.1, -0.05) is 30.3 Å². The Balaban J connectivity index is 1.80. The zero-order valence-electron chi connectivity index (χ0n) is 8.20. The maximum absolute atomic E-state index is 11.0. The number of benzene rings is 1. The molecule has 1 aromatic carbocycles. The van der Waals surface area contributed by atoms with Crippen molar-refractivity contribution in [3.05, 3.63) is 35.9 Å². The van der Waals surface area contributed by atoms with Crippen LogP contribution in [0.4, 0.5) is 0 Å². The highest BCUT2D eigenvalue weighted by molar-refractivity contribution is 5.83. The Kier molecular flexibility index (Phi) is 2.94. The van der Waals surface area contributed by atoms with Gasteiger partial charge in [-0.25, -0.2) is 0 Å². The van der Waals surface area contributed by atoms with Gasteiger partial charge in [0, 0.05) is 12.5 Å². The van der Waals surface area contributed by atoms with Gasteiger partial charge in [-0.3, -0.25) is 4.79 Å². The normalized spacial score (nSPS) is 21.4. The smallest absolute Gasteiger partial charge is 0.148 e. The lowest BCUT2D eigenvalue weighted by Crippen LogP contribution is -2.21. The van der Waals surface area contributed by atoms with Crippen molar-refractivity contribution < 1.29 is 4.79 Å². The Morgan fingerprint density at radius 1 is 1.29 bits per heavy atom. The third-order valence-electron chi connectivity index (χ3n) is 2.69. The molecule has 1 saturated heterocycles. The molecule has 0 radical (unpaired) electrons. The summed E-state index contributed by atoms with van der Waals surface area (Å²) in [6, 6.07) is 10.8. The fourth-order valence-electron chi connectivity index (χ4n) is 1.87. The quantitative estimate of drug-likeness (QED) is 0.781. The highest BCUT2D eigenvalue weighted by atomic mass is 16.1. The molecule has 1 heterocycles. The molecule has 1 unspecified atom stereocenters. The van der Waals surface area contributed by atoms with Crippen LogP contribution < -0.4 is 5.32 Å². The average molecular weight is 189 g/mol. The average Bonchev–Trinajstić information content (AvgIpc) is 2.63. The number of ketones is 1. The first-order valence-corrected chi connectivity index (χ1v) is 5.13. The highest BCUT2D eigenvalue weighted by Gasteiger charge is 2.20. The molecule has 0 saturated carbocycles. The molecule has 0 spiro atoms. The standard InChI is InChI=1S/C12H15NO/c14-12-8-11(13-9-12)7-6-10-4-2-1-3-5-10/h1-5,11,13H,6-9H2. The van der Waals surface area contributed by atoms with Gasteiger partial charge in [0.15, 0.2) is 0 Å². The summed E-state index contributed by atoms with van der Waals surface area (Å²) in [6.45, 7) is 0.569. The van der Waals surface area contributed by atoms with Crippen LogP contribution in [0.15, 0.2) is 30.3 Å². The number of hydrogen-bond donors (Lipinski definition) is 1. The summed E-state index contributed by atoms with van der Waals surface area (Å²) in [6.07, 6.45) is 2.84. The second-order valence-corrected chi connectivity index (χ2v) is 3.84. The molecule has 1 fully saturated rings. The van der Waals surface area contributed by atoms with E-state index in [2.05, 4.69) is 29.6 Å². The Morgan fingerprint density at radius 3 is 2.71 bits per heavy atom. The van der Waals surface area contributed by atoms with Crippen molar-refractivity contribution in [1.82, 2.24) is 5.32 Å². The molecule has 1 N–H and O–H groups in total. The van der Waals surface area contributed by atoms with E-state index < -0.39 is 0 Å². The SMILES string of the molecule is O=C1CNC(CCc2ccccc2)C1. The number of nitrogens with one attached hydrogen (secondary N) is 1. The number of aryl methyl sites for hydroxylation is 1. The monoisotopic (exact) mass is 189 g/mol. The molecule has 1 atom stereocenters. The van der Waals surface area contributed by atoms with Crippen molar-refractivity contribution in [1.29, 1.82) is 0 Å². The molecule has 0 bridgehead atoms. The first-order valence-electron chi connectivity index (χ1n) is 5.13. The number of Topliss-reactive ketones (excluding diaryl/α,β-unsaturated/α-hetero) is 1. The molecule has 0 amide bonds. The Morgan fingerprint density at radius 2 is 2.07 bits per heavy atom. The second kappa shape index (κ2) is 4.38. The maximum atomic E-state index is 11.0. The molecule has 1 aliphatic heterocycles. The third-order valence-corrected chi connectivity index (χ3v) is 2.69. The highest BCUT2D eigenvalue weighted by Crippen LogP contribution is 2.10. The van der Waals surface area contributed by atoms with Crippen LogP contribution in [0.5, 0.6) is 0 Å². The van der Waals surface area contributed by atoms with Crippen LogP contribution in [0, 0.1) is 0 Å². The van der Waals surface area contributed by atoms with Crippen molar-refractivity contribution in [3.63, 3.8) is 0 Å². The molecule has 2 heteroatoms. The molecule has 2 nitrogen and oxygen atoms in total. The van der Waals surface area contributed by atoms with Gasteiger partial charge in [0.05, 0.1) is 6.54 Å². The van der Waals surface area contributed by atoms with E-state index >= 15 is 0 Å². The van der Waals surface area contributed by atoms with Crippen LogP contribution in [0.25, 0.3) is 0 Å². The maximum Gasteiger partial charge on any atom is 0.148 e. The lowest BCUT2D eigenvalue weighted by Gasteiger charge is -2.08. The molecular formula is C12H15NO. The van der Waals surface area contributed by atoms with Crippen LogP contribution >= 0.6 is 0 Å². The summed E-state index contributed by atoms with van der Waals surface area (Å²) < 4.78 is 0. The minimum atomic E-state index is 0.350. The van der Waals surface area contributed by atoms with Crippen molar-refractivity contribution in [2.75, 3.05) is 6.54 Å². The van der Waals surface area contributed by atoms with Crippen molar-refractivity contribution in [3.8, 4) is 0 Å². The molecule has 0 aromatic heterocycles. The molecule has 1 aliphatic rings. The van der Waals surface area contributed by atoms with Crippen molar-refractivity contribution in [2.24, 2.45) is 0 Å². The summed E-state index contributed by atoms with van der Waals surface area (Å²) in [5.74, 6) is 0.350. The van der Waals surface area contributed by atoms with E-state index in [0.717, 1.165) is 12.8 Å². The molecular weight excluding hydrogens is 174 g/mol. The van der Waals surface area contributed by atoms with E-state index in [4.69, 9.17) is 0 Å². The Bertz CT molecular complexity index is 307. The predicted molar refractivity (Wildman–Crippen MR) is 56.2 cm³/mol. The van der Waals surface area contributed by atoms with Gasteiger partial charge in [-0.05, 0) is 18.4 Å². The number of carbonyl (C=O) groups excluding carboxylic acids is 1. The van der Waals surface area contributed by atoms with Gasteiger partial charge in [-0.2, -0.15) is 0 Å². The third kappa shape index (κ3) is 2.42. The summed E-state index contributed by atoms with van der Waals surface area (Å²) in [5.41, 5.74) is 1.36. The van der Waals surface area contributed by atoms with Gasteiger partial charge >= 0.3 is 0 Å². The van der Waals surface area contributed by atoms with Crippen molar-refractivity contribution in [2.45, 2.75) is 25.3 Å². The van der Waals surface area contributed by atoms with E-state index in [-0.39, 0.29) is 0 Å². The minimum absolute atomic E-state index is 0.350. The summed E-state index contributed by atoms with van der Waals surface area (Å²) >= 11 is 0. The summed E-state index contributed by atoms with van der Waals surface area (Å²) in [5, 5.41) is 3.23. The second-order valence-electron chi connectivity index (χ2n) is 3.84. The number of hydrogen-bond acceptors (Lipinski definition) is 2. The van der Waals surface area contributed by atoms with E-state index in [1.165, 1.54) is 5.56 Å². The fourth-order valence-corrected chi connectivity index (χ4v) is 1.87. The minimum Gasteiger partial charge on any atom is -0.307 e. The number of rotatable bonds is 3. The van der Waals surface area contributed by atoms with E-state index in [0.29, 0.717) is 24.8 Å². The zero-order valence-corrected chi connectivity index (χ0v) is 8.20. The van der Waals surface area contributed by atoms with Crippen LogP contribution in [0.2, 0.25) is 0 Å². The first-order chi connectivity index (χ1) is 6.84. The summed E-state index contributed by atoms with van der Waals surface area (Å²) in [4.78, 5) is 11.0. The summed E-state index contributed by atoms with van der Waals surface area (Å²) in [7, 11) is 0. The van der Waals surface area contributed by atoms with Gasteiger partial charge in [0.25, 0.3) is 0 Å². The molecule has 2 rings (SSSR count). The molecule has 14 heavy (non-hydrogen) atoms. The topological polar surface area (TPSA) is 29.1 Å². The number of carbonyl (C=O) groups is 1. The van der Waals surface area contributed by atoms with Crippen LogP contribution in [0.3, 0.4) is 0 Å². The fraction of sp³-hybridized carbons (Fsp3) is 0.417. The van der Waals surface area contributed by atoms with Crippen LogP contribution in [0.1, 0.15) is 18.4 Å². The Hall–Kier alpha value is -1.15. The van der Waals surface area contributed by atoms with E-state index in [9.17, 15) is 4.79 Å². The van der Waals surface area contributed by atoms with Gasteiger partial charge in [0.2, 0.25) is 0 Å². The lowest BCUT2D eigenvalue weighted by molar-refractivity contribution is -0.116. The molecule has 1 aromatic rings. The van der Waals surface area contributed by atoms with Gasteiger partial charge in [-0.15, -0.1) is 0 Å². The van der Waals surface area contributed by atoms with Gasteiger partial charge < -0.3 is 5.32 Å². The largest absolute Gasteiger partial charge is 0.307 e. The van der Waals surface area contributed by atoms with Crippen LogP contribution in [-0.2, 0) is 11.2 Å². The van der Waals surface area contributed by atoms with Crippen LogP contribution in [-0.4, -0.2) is 18.4 Å². The van der Waals surface area contributed by atoms with Crippen molar-refractivity contribution >= 4 is 5.78 Å². The zero-order chi connectivity index (χ0) is 9.80. The van der Waals surface area contributed by atoms with E-state index in [1.807, 2.05) is 6.07 Å². The molecule has 74 valence electrons. The Labute approximate surface area is 84.3 Å². The molecule has 0 aliphatic carbocycles. The van der Waals surface area contributed by atoms with Gasteiger partial charge in [0.1, 0.15) is 5.78 Å².